The van der Waals surface area contributed by atoms with Crippen LogP contribution in [-0.4, -0.2) is 30.5 Å². The third-order valence-corrected chi connectivity index (χ3v) is 3.81. The van der Waals surface area contributed by atoms with Gasteiger partial charge in [0.15, 0.2) is 0 Å². The molecule has 0 saturated heterocycles. The minimum atomic E-state index is -3.10. The van der Waals surface area contributed by atoms with Gasteiger partial charge in [-0.15, -0.1) is 0 Å². The second kappa shape index (κ2) is 5.45. The van der Waals surface area contributed by atoms with Crippen LogP contribution in [0.25, 0.3) is 0 Å². The number of hydrogen-bond acceptors (Lipinski definition) is 3. The van der Waals surface area contributed by atoms with Crippen molar-refractivity contribution in [2.45, 2.75) is 33.7 Å². The molecule has 5 nitrogen and oxygen atoms in total. The largest absolute Gasteiger partial charge is 0.268 e. The molecule has 1 N–H and O–H groups in total. The molecule has 0 fully saturated rings. The SMILES string of the molecule is CCCS(=O)(=O)NCCn1nc(C)cc1C. The molecule has 0 saturated carbocycles. The fraction of sp³-hybridized carbons (Fsp3) is 0.700. The lowest BCUT2D eigenvalue weighted by Crippen LogP contribution is -2.29. The minimum Gasteiger partial charge on any atom is -0.268 e. The van der Waals surface area contributed by atoms with E-state index in [1.807, 2.05) is 31.5 Å². The van der Waals surface area contributed by atoms with E-state index >= 15 is 0 Å². The van der Waals surface area contributed by atoms with E-state index in [0.717, 1.165) is 11.4 Å². The van der Waals surface area contributed by atoms with Crippen molar-refractivity contribution >= 4 is 10.0 Å². The maximum absolute atomic E-state index is 11.4. The van der Waals surface area contributed by atoms with E-state index in [2.05, 4.69) is 9.82 Å². The van der Waals surface area contributed by atoms with Crippen molar-refractivity contribution in [3.63, 3.8) is 0 Å². The van der Waals surface area contributed by atoms with Crippen LogP contribution in [0.1, 0.15) is 24.7 Å². The molecule has 92 valence electrons. The normalized spacial score (nSPS) is 11.9. The van der Waals surface area contributed by atoms with Crippen LogP contribution in [0.15, 0.2) is 6.07 Å². The molecule has 0 bridgehead atoms. The third kappa shape index (κ3) is 3.94. The van der Waals surface area contributed by atoms with E-state index < -0.39 is 10.0 Å². The molecule has 0 spiro atoms. The molecule has 0 radical (unpaired) electrons. The van der Waals surface area contributed by atoms with E-state index in [-0.39, 0.29) is 5.75 Å². The first-order valence-corrected chi connectivity index (χ1v) is 7.08. The lowest BCUT2D eigenvalue weighted by Gasteiger charge is -2.06. The monoisotopic (exact) mass is 245 g/mol. The van der Waals surface area contributed by atoms with Crippen molar-refractivity contribution in [2.24, 2.45) is 0 Å². The van der Waals surface area contributed by atoms with Gasteiger partial charge >= 0.3 is 0 Å². The van der Waals surface area contributed by atoms with Gasteiger partial charge < -0.3 is 0 Å². The summed E-state index contributed by atoms with van der Waals surface area (Å²) in [5.41, 5.74) is 2.00. The Bertz CT molecular complexity index is 437. The van der Waals surface area contributed by atoms with Gasteiger partial charge in [-0.3, -0.25) is 4.68 Å². The van der Waals surface area contributed by atoms with E-state index in [1.54, 1.807) is 0 Å². The second-order valence-electron chi connectivity index (χ2n) is 3.86. The molecule has 0 aromatic carbocycles. The summed E-state index contributed by atoms with van der Waals surface area (Å²) >= 11 is 0. The van der Waals surface area contributed by atoms with Crippen molar-refractivity contribution in [1.82, 2.24) is 14.5 Å². The highest BCUT2D eigenvalue weighted by Gasteiger charge is 2.08. The topological polar surface area (TPSA) is 64.0 Å². The predicted molar refractivity (Wildman–Crippen MR) is 63.8 cm³/mol. The summed E-state index contributed by atoms with van der Waals surface area (Å²) in [6.45, 7) is 6.69. The summed E-state index contributed by atoms with van der Waals surface area (Å²) < 4.78 is 27.1. The Morgan fingerprint density at radius 2 is 2.12 bits per heavy atom. The van der Waals surface area contributed by atoms with E-state index in [4.69, 9.17) is 0 Å². The third-order valence-electron chi connectivity index (χ3n) is 2.22. The Balaban J connectivity index is 2.45. The van der Waals surface area contributed by atoms with Crippen LogP contribution in [0.4, 0.5) is 0 Å². The minimum absolute atomic E-state index is 0.185. The van der Waals surface area contributed by atoms with E-state index in [0.29, 0.717) is 19.5 Å². The van der Waals surface area contributed by atoms with Gasteiger partial charge in [0.05, 0.1) is 18.0 Å². The van der Waals surface area contributed by atoms with Crippen LogP contribution in [0.3, 0.4) is 0 Å². The number of aryl methyl sites for hydroxylation is 2. The van der Waals surface area contributed by atoms with Gasteiger partial charge in [-0.1, -0.05) is 6.92 Å². The van der Waals surface area contributed by atoms with Crippen LogP contribution >= 0.6 is 0 Å². The number of nitrogens with zero attached hydrogens (tertiary/aromatic N) is 2. The van der Waals surface area contributed by atoms with Gasteiger partial charge in [-0.25, -0.2) is 13.1 Å². The highest BCUT2D eigenvalue weighted by atomic mass is 32.2. The number of aromatic nitrogens is 2. The van der Waals surface area contributed by atoms with Crippen LogP contribution in [0, 0.1) is 13.8 Å². The molecular weight excluding hydrogens is 226 g/mol. The maximum atomic E-state index is 11.4. The second-order valence-corrected chi connectivity index (χ2v) is 5.79. The fourth-order valence-corrected chi connectivity index (χ4v) is 2.63. The van der Waals surface area contributed by atoms with Gasteiger partial charge in [0, 0.05) is 12.2 Å². The van der Waals surface area contributed by atoms with Crippen molar-refractivity contribution in [1.29, 1.82) is 0 Å². The lowest BCUT2D eigenvalue weighted by molar-refractivity contribution is 0.553. The standard InChI is InChI=1S/C10H19N3O2S/c1-4-7-16(14,15)11-5-6-13-10(3)8-9(2)12-13/h8,11H,4-7H2,1-3H3. The van der Waals surface area contributed by atoms with Gasteiger partial charge in [0.2, 0.25) is 10.0 Å². The van der Waals surface area contributed by atoms with Gasteiger partial charge in [0.1, 0.15) is 0 Å². The van der Waals surface area contributed by atoms with Crippen molar-refractivity contribution in [3.8, 4) is 0 Å². The van der Waals surface area contributed by atoms with Crippen LogP contribution < -0.4 is 4.72 Å². The van der Waals surface area contributed by atoms with Gasteiger partial charge in [-0.05, 0) is 26.3 Å². The average Bonchev–Trinajstić information content (AvgIpc) is 2.44. The molecule has 1 rings (SSSR count). The Labute approximate surface area is 96.9 Å². The molecule has 0 aliphatic heterocycles. The summed E-state index contributed by atoms with van der Waals surface area (Å²) in [6, 6.07) is 1.97. The summed E-state index contributed by atoms with van der Waals surface area (Å²) in [4.78, 5) is 0. The molecule has 0 aliphatic rings. The van der Waals surface area contributed by atoms with Gasteiger partial charge in [-0.2, -0.15) is 5.10 Å². The zero-order valence-corrected chi connectivity index (χ0v) is 10.8. The summed E-state index contributed by atoms with van der Waals surface area (Å²) in [6.07, 6.45) is 0.634. The average molecular weight is 245 g/mol. The highest BCUT2D eigenvalue weighted by Crippen LogP contribution is 2.00. The Morgan fingerprint density at radius 3 is 2.62 bits per heavy atom. The smallest absolute Gasteiger partial charge is 0.211 e. The van der Waals surface area contributed by atoms with Crippen LogP contribution in [0.5, 0.6) is 0 Å². The summed E-state index contributed by atoms with van der Waals surface area (Å²) in [5, 5.41) is 4.26. The zero-order valence-electron chi connectivity index (χ0n) is 10.0. The molecule has 0 unspecified atom stereocenters. The molecule has 0 amide bonds. The van der Waals surface area contributed by atoms with Crippen molar-refractivity contribution in [2.75, 3.05) is 12.3 Å². The van der Waals surface area contributed by atoms with Gasteiger partial charge in [0.25, 0.3) is 0 Å². The molecule has 16 heavy (non-hydrogen) atoms. The Morgan fingerprint density at radius 1 is 1.44 bits per heavy atom. The van der Waals surface area contributed by atoms with E-state index in [1.165, 1.54) is 0 Å². The van der Waals surface area contributed by atoms with Crippen molar-refractivity contribution in [3.05, 3.63) is 17.5 Å². The lowest BCUT2D eigenvalue weighted by atomic mass is 10.4. The van der Waals surface area contributed by atoms with Crippen LogP contribution in [-0.2, 0) is 16.6 Å². The number of hydrogen-bond donors (Lipinski definition) is 1. The number of sulfonamides is 1. The molecule has 1 heterocycles. The molecule has 1 aromatic heterocycles. The predicted octanol–water partition coefficient (Wildman–Crippen LogP) is 0.829. The zero-order chi connectivity index (χ0) is 12.2. The molecule has 0 aliphatic carbocycles. The first kappa shape index (κ1) is 13.2. The maximum Gasteiger partial charge on any atom is 0.211 e. The van der Waals surface area contributed by atoms with Crippen molar-refractivity contribution < 1.29 is 8.42 Å². The Hall–Kier alpha value is -0.880. The molecule has 0 atom stereocenters. The summed E-state index contributed by atoms with van der Waals surface area (Å²) in [7, 11) is -3.10. The first-order chi connectivity index (χ1) is 7.44. The molecule has 6 heteroatoms. The number of nitrogens with one attached hydrogen (secondary N) is 1. The number of rotatable bonds is 6. The fourth-order valence-electron chi connectivity index (χ4n) is 1.55. The Kier molecular flexibility index (Phi) is 4.49. The van der Waals surface area contributed by atoms with Crippen LogP contribution in [0.2, 0.25) is 0 Å². The molecular formula is C10H19N3O2S. The quantitative estimate of drug-likeness (QED) is 0.807. The first-order valence-electron chi connectivity index (χ1n) is 5.43. The highest BCUT2D eigenvalue weighted by molar-refractivity contribution is 7.89. The summed E-state index contributed by atoms with van der Waals surface area (Å²) in [5.74, 6) is 0.185. The van der Waals surface area contributed by atoms with E-state index in [9.17, 15) is 8.42 Å². The molecule has 1 aromatic rings.